The first kappa shape index (κ1) is 23.4. The second kappa shape index (κ2) is 9.72. The first-order valence-corrected chi connectivity index (χ1v) is 11.4. The maximum Gasteiger partial charge on any atom is 0.270 e. The number of halogens is 2. The molecular formula is C23H16Cl2N8O3. The zero-order valence-corrected chi connectivity index (χ0v) is 19.8. The average Bonchev–Trinajstić information content (AvgIpc) is 3.24. The van der Waals surface area contributed by atoms with Gasteiger partial charge in [0.15, 0.2) is 0 Å². The number of nitro groups is 1. The summed E-state index contributed by atoms with van der Waals surface area (Å²) in [6, 6.07) is 15.5. The van der Waals surface area contributed by atoms with Gasteiger partial charge in [-0.1, -0.05) is 30.3 Å². The molecule has 0 saturated carbocycles. The molecule has 3 aromatic heterocycles. The molecule has 5 aromatic rings. The van der Waals surface area contributed by atoms with Crippen molar-refractivity contribution in [3.8, 4) is 11.3 Å². The van der Waals surface area contributed by atoms with Crippen LogP contribution in [0, 0.1) is 10.1 Å². The molecule has 0 atom stereocenters. The highest BCUT2D eigenvalue weighted by Crippen LogP contribution is 2.33. The van der Waals surface area contributed by atoms with E-state index in [9.17, 15) is 14.9 Å². The largest absolute Gasteiger partial charge is 0.353 e. The molecule has 13 heteroatoms. The van der Waals surface area contributed by atoms with Crippen LogP contribution in [-0.4, -0.2) is 48.8 Å². The Kier molecular flexibility index (Phi) is 6.32. The quantitative estimate of drug-likeness (QED) is 0.159. The van der Waals surface area contributed by atoms with Gasteiger partial charge in [0.2, 0.25) is 16.5 Å². The summed E-state index contributed by atoms with van der Waals surface area (Å²) in [6.45, 7) is 0.509. The van der Waals surface area contributed by atoms with Crippen LogP contribution in [-0.2, 0) is 0 Å². The molecule has 1 amide bonds. The summed E-state index contributed by atoms with van der Waals surface area (Å²) in [5, 5.41) is 18.6. The van der Waals surface area contributed by atoms with E-state index in [0.717, 1.165) is 16.3 Å². The second-order valence-electron chi connectivity index (χ2n) is 7.64. The normalized spacial score (nSPS) is 11.1. The Labute approximate surface area is 213 Å². The zero-order valence-electron chi connectivity index (χ0n) is 18.3. The molecule has 5 rings (SSSR count). The maximum absolute atomic E-state index is 13.0. The Morgan fingerprint density at radius 2 is 1.72 bits per heavy atom. The topological polar surface area (TPSA) is 152 Å². The van der Waals surface area contributed by atoms with Gasteiger partial charge in [0.25, 0.3) is 11.6 Å². The van der Waals surface area contributed by atoms with E-state index in [1.54, 1.807) is 18.2 Å². The van der Waals surface area contributed by atoms with Crippen molar-refractivity contribution in [1.82, 2.24) is 30.2 Å². The number of non-ortho nitro benzene ring substituents is 1. The van der Waals surface area contributed by atoms with Crippen molar-refractivity contribution in [2.75, 3.05) is 18.4 Å². The van der Waals surface area contributed by atoms with Crippen LogP contribution in [0.1, 0.15) is 10.5 Å². The monoisotopic (exact) mass is 522 g/mol. The van der Waals surface area contributed by atoms with Crippen molar-refractivity contribution < 1.29 is 9.72 Å². The Morgan fingerprint density at radius 3 is 2.50 bits per heavy atom. The molecule has 11 nitrogen and oxygen atoms in total. The maximum atomic E-state index is 13.0. The molecule has 0 spiro atoms. The Morgan fingerprint density at radius 1 is 0.944 bits per heavy atom. The molecule has 0 saturated heterocycles. The number of anilines is 1. The molecule has 36 heavy (non-hydrogen) atoms. The molecule has 0 radical (unpaired) electrons. The van der Waals surface area contributed by atoms with E-state index in [0.29, 0.717) is 16.8 Å². The summed E-state index contributed by atoms with van der Waals surface area (Å²) in [5.41, 5.74) is 2.58. The van der Waals surface area contributed by atoms with Gasteiger partial charge in [-0.3, -0.25) is 14.9 Å². The SMILES string of the molecule is O=C(NCCNc1nc(Cl)nc(Cl)n1)c1cc2c([nH]c3ccccc32)c(-c2cccc([N+](=O)[O-])c2)n1. The number of amides is 1. The molecule has 0 fully saturated rings. The molecule has 0 unspecified atom stereocenters. The minimum Gasteiger partial charge on any atom is -0.353 e. The lowest BCUT2D eigenvalue weighted by molar-refractivity contribution is -0.384. The van der Waals surface area contributed by atoms with Gasteiger partial charge < -0.3 is 15.6 Å². The number of nitrogens with one attached hydrogen (secondary N) is 3. The van der Waals surface area contributed by atoms with Crippen molar-refractivity contribution in [3.63, 3.8) is 0 Å². The van der Waals surface area contributed by atoms with Gasteiger partial charge in [0.05, 0.1) is 16.1 Å². The zero-order chi connectivity index (χ0) is 25.2. The minimum absolute atomic E-state index is 0.0496. The molecule has 2 aromatic carbocycles. The number of nitrogens with zero attached hydrogens (tertiary/aromatic N) is 5. The number of hydrogen-bond acceptors (Lipinski definition) is 8. The smallest absolute Gasteiger partial charge is 0.270 e. The number of hydrogen-bond donors (Lipinski definition) is 3. The van der Waals surface area contributed by atoms with Crippen LogP contribution in [0.5, 0.6) is 0 Å². The summed E-state index contributed by atoms with van der Waals surface area (Å²) in [6.07, 6.45) is 0. The van der Waals surface area contributed by atoms with Gasteiger partial charge in [-0.25, -0.2) is 4.98 Å². The molecule has 0 aliphatic carbocycles. The van der Waals surface area contributed by atoms with Gasteiger partial charge in [-0.2, -0.15) is 15.0 Å². The summed E-state index contributed by atoms with van der Waals surface area (Å²) >= 11 is 11.5. The van der Waals surface area contributed by atoms with E-state index in [4.69, 9.17) is 23.2 Å². The van der Waals surface area contributed by atoms with Crippen LogP contribution in [0.15, 0.2) is 54.6 Å². The highest BCUT2D eigenvalue weighted by atomic mass is 35.5. The van der Waals surface area contributed by atoms with E-state index in [-0.39, 0.29) is 41.0 Å². The number of fused-ring (bicyclic) bond motifs is 3. The first-order valence-electron chi connectivity index (χ1n) is 10.6. The Balaban J connectivity index is 1.45. The van der Waals surface area contributed by atoms with Crippen LogP contribution >= 0.6 is 23.2 Å². The predicted molar refractivity (Wildman–Crippen MR) is 136 cm³/mol. The van der Waals surface area contributed by atoms with Crippen molar-refractivity contribution in [1.29, 1.82) is 0 Å². The van der Waals surface area contributed by atoms with Crippen molar-refractivity contribution in [2.45, 2.75) is 0 Å². The van der Waals surface area contributed by atoms with Crippen LogP contribution in [0.3, 0.4) is 0 Å². The van der Waals surface area contributed by atoms with Crippen molar-refractivity contribution in [2.24, 2.45) is 0 Å². The number of pyridine rings is 1. The van der Waals surface area contributed by atoms with E-state index < -0.39 is 10.8 Å². The molecule has 0 aliphatic rings. The number of nitro benzene ring substituents is 1. The molecule has 3 heterocycles. The number of benzene rings is 2. The van der Waals surface area contributed by atoms with Gasteiger partial charge in [-0.15, -0.1) is 0 Å². The number of carbonyl (C=O) groups is 1. The van der Waals surface area contributed by atoms with Crippen LogP contribution in [0.2, 0.25) is 10.6 Å². The third-order valence-electron chi connectivity index (χ3n) is 5.33. The number of H-pyrrole nitrogens is 1. The number of para-hydroxylation sites is 1. The third-order valence-corrected chi connectivity index (χ3v) is 5.67. The van der Waals surface area contributed by atoms with Crippen LogP contribution in [0.4, 0.5) is 11.6 Å². The summed E-state index contributed by atoms with van der Waals surface area (Å²) in [4.78, 5) is 43.3. The fourth-order valence-corrected chi connectivity index (χ4v) is 4.15. The number of aromatic nitrogens is 5. The van der Waals surface area contributed by atoms with Gasteiger partial charge in [0, 0.05) is 47.1 Å². The van der Waals surface area contributed by atoms with Gasteiger partial charge in [-0.05, 0) is 35.3 Å². The highest BCUT2D eigenvalue weighted by Gasteiger charge is 2.18. The standard InChI is InChI=1S/C23H16Cl2N8O3/c24-21-30-22(25)32-23(31-21)27-9-8-26-20(34)17-11-15-14-6-1-2-7-16(14)28-19(15)18(29-17)12-4-3-5-13(10-12)33(35)36/h1-7,10-11,28H,8-9H2,(H,26,34)(H,27,30,31,32). The molecular weight excluding hydrogens is 507 g/mol. The lowest BCUT2D eigenvalue weighted by Gasteiger charge is -2.09. The second-order valence-corrected chi connectivity index (χ2v) is 8.31. The fourth-order valence-electron chi connectivity index (χ4n) is 3.78. The predicted octanol–water partition coefficient (Wildman–Crippen LogP) is 4.63. The lowest BCUT2D eigenvalue weighted by Crippen LogP contribution is -2.29. The van der Waals surface area contributed by atoms with Crippen molar-refractivity contribution >= 4 is 62.6 Å². The third kappa shape index (κ3) is 4.74. The molecule has 3 N–H and O–H groups in total. The van der Waals surface area contributed by atoms with E-state index in [1.807, 2.05) is 24.3 Å². The van der Waals surface area contributed by atoms with Crippen LogP contribution < -0.4 is 10.6 Å². The molecule has 0 bridgehead atoms. The summed E-state index contributed by atoms with van der Waals surface area (Å²) in [7, 11) is 0. The van der Waals surface area contributed by atoms with E-state index >= 15 is 0 Å². The van der Waals surface area contributed by atoms with Crippen LogP contribution in [0.25, 0.3) is 33.1 Å². The number of carbonyl (C=O) groups excluding carboxylic acids is 1. The summed E-state index contributed by atoms with van der Waals surface area (Å²) < 4.78 is 0. The van der Waals surface area contributed by atoms with E-state index in [1.165, 1.54) is 12.1 Å². The van der Waals surface area contributed by atoms with Gasteiger partial charge in [0.1, 0.15) is 5.69 Å². The summed E-state index contributed by atoms with van der Waals surface area (Å²) in [5.74, 6) is -0.233. The Hall–Kier alpha value is -4.35. The average molecular weight is 523 g/mol. The fraction of sp³-hybridized carbons (Fsp3) is 0.0870. The van der Waals surface area contributed by atoms with Gasteiger partial charge >= 0.3 is 0 Å². The number of aromatic amines is 1. The Bertz CT molecular complexity index is 1620. The molecule has 0 aliphatic heterocycles. The number of rotatable bonds is 7. The lowest BCUT2D eigenvalue weighted by atomic mass is 10.1. The first-order chi connectivity index (χ1) is 17.4. The molecule has 180 valence electrons. The highest BCUT2D eigenvalue weighted by molar-refractivity contribution is 6.31. The van der Waals surface area contributed by atoms with E-state index in [2.05, 4.69) is 35.6 Å². The minimum atomic E-state index is -0.470. The van der Waals surface area contributed by atoms with Crippen molar-refractivity contribution in [3.05, 3.63) is 81.0 Å².